The Balaban J connectivity index is 4.28. The Labute approximate surface area is 342 Å². The summed E-state index contributed by atoms with van der Waals surface area (Å²) < 4.78 is 32.7. The van der Waals surface area contributed by atoms with Crippen LogP contribution in [0.2, 0.25) is 0 Å². The lowest BCUT2D eigenvalue weighted by molar-refractivity contribution is -0.161. The SMILES string of the molecule is CCCCCCCC/C=C/C/C=C/CCCCC(=O)OC[C@H](COP(=O)(O)OC[C@@H](O)CO)OC(=O)CCCCCCCCCCCCCCCCCCCC. The van der Waals surface area contributed by atoms with Gasteiger partial charge in [0.25, 0.3) is 0 Å². The van der Waals surface area contributed by atoms with E-state index in [1.54, 1.807) is 0 Å². The summed E-state index contributed by atoms with van der Waals surface area (Å²) in [5, 5.41) is 18.3. The summed E-state index contributed by atoms with van der Waals surface area (Å²) in [6.07, 6.45) is 41.5. The van der Waals surface area contributed by atoms with Gasteiger partial charge in [-0.1, -0.05) is 179 Å². The quantitative estimate of drug-likeness (QED) is 0.0235. The number of ether oxygens (including phenoxy) is 2. The van der Waals surface area contributed by atoms with Gasteiger partial charge in [0.15, 0.2) is 6.10 Å². The van der Waals surface area contributed by atoms with Crippen molar-refractivity contribution in [1.29, 1.82) is 0 Å². The highest BCUT2D eigenvalue weighted by atomic mass is 31.2. The molecule has 0 spiro atoms. The Morgan fingerprint density at radius 2 is 0.929 bits per heavy atom. The van der Waals surface area contributed by atoms with Crippen molar-refractivity contribution < 1.29 is 47.8 Å². The predicted octanol–water partition coefficient (Wildman–Crippen LogP) is 12.2. The van der Waals surface area contributed by atoms with Crippen molar-refractivity contribution in [3.63, 3.8) is 0 Å². The summed E-state index contributed by atoms with van der Waals surface area (Å²) in [5.74, 6) is -0.953. The molecule has 0 aromatic carbocycles. The summed E-state index contributed by atoms with van der Waals surface area (Å²) >= 11 is 0. The van der Waals surface area contributed by atoms with E-state index >= 15 is 0 Å². The molecule has 56 heavy (non-hydrogen) atoms. The summed E-state index contributed by atoms with van der Waals surface area (Å²) in [4.78, 5) is 35.0. The van der Waals surface area contributed by atoms with Gasteiger partial charge >= 0.3 is 19.8 Å². The number of esters is 2. The summed E-state index contributed by atoms with van der Waals surface area (Å²) in [5.41, 5.74) is 0. The first-order valence-electron chi connectivity index (χ1n) is 22.8. The first kappa shape index (κ1) is 54.5. The van der Waals surface area contributed by atoms with E-state index in [1.165, 1.54) is 128 Å². The highest BCUT2D eigenvalue weighted by Crippen LogP contribution is 2.43. The second kappa shape index (κ2) is 41.6. The minimum atomic E-state index is -4.62. The molecule has 0 aromatic heterocycles. The molecule has 0 rings (SSSR count). The van der Waals surface area contributed by atoms with E-state index in [9.17, 15) is 24.2 Å². The summed E-state index contributed by atoms with van der Waals surface area (Å²) in [6, 6.07) is 0. The van der Waals surface area contributed by atoms with Crippen LogP contribution in [0.1, 0.15) is 213 Å². The van der Waals surface area contributed by atoms with Crippen molar-refractivity contribution in [3.8, 4) is 0 Å². The fraction of sp³-hybridized carbons (Fsp3) is 0.867. The van der Waals surface area contributed by atoms with Crippen LogP contribution < -0.4 is 0 Å². The van der Waals surface area contributed by atoms with Crippen molar-refractivity contribution in [2.24, 2.45) is 0 Å². The third-order valence-corrected chi connectivity index (χ3v) is 10.8. The number of unbranched alkanes of at least 4 members (excludes halogenated alkanes) is 25. The second-order valence-electron chi connectivity index (χ2n) is 15.4. The molecule has 330 valence electrons. The highest BCUT2D eigenvalue weighted by Gasteiger charge is 2.27. The third kappa shape index (κ3) is 40.6. The molecular formula is C45H85O10P. The molecule has 1 unspecified atom stereocenters. The molecule has 3 atom stereocenters. The molecule has 0 aliphatic rings. The van der Waals surface area contributed by atoms with Gasteiger partial charge < -0.3 is 24.6 Å². The van der Waals surface area contributed by atoms with Crippen LogP contribution in [0.3, 0.4) is 0 Å². The Morgan fingerprint density at radius 3 is 1.41 bits per heavy atom. The van der Waals surface area contributed by atoms with E-state index in [4.69, 9.17) is 23.6 Å². The first-order chi connectivity index (χ1) is 27.2. The Kier molecular flexibility index (Phi) is 40.5. The van der Waals surface area contributed by atoms with Gasteiger partial charge in [-0.25, -0.2) is 4.57 Å². The number of hydrogen-bond donors (Lipinski definition) is 3. The summed E-state index contributed by atoms with van der Waals surface area (Å²) in [7, 11) is -4.62. The molecule has 10 nitrogen and oxygen atoms in total. The van der Waals surface area contributed by atoms with Gasteiger partial charge in [0.1, 0.15) is 12.7 Å². The molecule has 0 radical (unpaired) electrons. The van der Waals surface area contributed by atoms with E-state index in [1.807, 2.05) is 0 Å². The lowest BCUT2D eigenvalue weighted by atomic mass is 10.0. The second-order valence-corrected chi connectivity index (χ2v) is 16.9. The van der Waals surface area contributed by atoms with E-state index in [0.717, 1.165) is 44.9 Å². The fourth-order valence-electron chi connectivity index (χ4n) is 6.32. The van der Waals surface area contributed by atoms with Crippen molar-refractivity contribution in [2.75, 3.05) is 26.4 Å². The molecule has 0 bridgehead atoms. The molecule has 0 saturated heterocycles. The van der Waals surface area contributed by atoms with Gasteiger partial charge in [-0.05, 0) is 44.9 Å². The predicted molar refractivity (Wildman–Crippen MR) is 228 cm³/mol. The third-order valence-electron chi connectivity index (χ3n) is 9.86. The zero-order valence-electron chi connectivity index (χ0n) is 35.9. The highest BCUT2D eigenvalue weighted by molar-refractivity contribution is 7.47. The van der Waals surface area contributed by atoms with Crippen molar-refractivity contribution in [2.45, 2.75) is 225 Å². The maximum absolute atomic E-state index is 12.6. The molecular weight excluding hydrogens is 731 g/mol. The van der Waals surface area contributed by atoms with Crippen LogP contribution in [0.15, 0.2) is 24.3 Å². The van der Waals surface area contributed by atoms with Gasteiger partial charge in [-0.15, -0.1) is 0 Å². The van der Waals surface area contributed by atoms with E-state index < -0.39 is 51.8 Å². The normalized spacial score (nSPS) is 14.0. The van der Waals surface area contributed by atoms with Gasteiger partial charge in [-0.3, -0.25) is 18.6 Å². The van der Waals surface area contributed by atoms with Crippen LogP contribution in [0.4, 0.5) is 0 Å². The van der Waals surface area contributed by atoms with Gasteiger partial charge in [0.05, 0.1) is 19.8 Å². The number of hydrogen-bond acceptors (Lipinski definition) is 9. The standard InChI is InChI=1S/C45H85O10P/c1-3-5-7-9-11-13-15-17-19-20-21-23-25-27-29-31-33-35-37-45(49)55-43(41-54-56(50,51)53-39-42(47)38-46)40-52-44(48)36-34-32-30-28-26-24-22-18-16-14-12-10-8-6-4-2/h18,22,26,28,42-43,46-47H,3-17,19-21,23-25,27,29-41H2,1-2H3,(H,50,51)/b22-18+,28-26+/t42-,43+/m0/s1. The van der Waals surface area contributed by atoms with Crippen LogP contribution in [0.5, 0.6) is 0 Å². The van der Waals surface area contributed by atoms with Crippen LogP contribution in [-0.2, 0) is 32.7 Å². The number of phosphoric acid groups is 1. The molecule has 0 aliphatic carbocycles. The van der Waals surface area contributed by atoms with Crippen molar-refractivity contribution >= 4 is 19.8 Å². The number of aliphatic hydroxyl groups excluding tert-OH is 2. The molecule has 0 saturated carbocycles. The van der Waals surface area contributed by atoms with E-state index in [-0.39, 0.29) is 19.4 Å². The maximum Gasteiger partial charge on any atom is 0.472 e. The number of aliphatic hydroxyl groups is 2. The van der Waals surface area contributed by atoms with Crippen LogP contribution in [0.25, 0.3) is 0 Å². The lowest BCUT2D eigenvalue weighted by Gasteiger charge is -2.20. The fourth-order valence-corrected chi connectivity index (χ4v) is 7.11. The van der Waals surface area contributed by atoms with Gasteiger partial charge in [0.2, 0.25) is 0 Å². The zero-order valence-corrected chi connectivity index (χ0v) is 36.8. The average Bonchev–Trinajstić information content (AvgIpc) is 3.19. The minimum Gasteiger partial charge on any atom is -0.462 e. The van der Waals surface area contributed by atoms with Crippen LogP contribution in [0, 0.1) is 0 Å². The zero-order chi connectivity index (χ0) is 41.2. The van der Waals surface area contributed by atoms with Crippen molar-refractivity contribution in [1.82, 2.24) is 0 Å². The molecule has 11 heteroatoms. The number of rotatable bonds is 43. The molecule has 0 fully saturated rings. The smallest absolute Gasteiger partial charge is 0.462 e. The Bertz CT molecular complexity index is 988. The summed E-state index contributed by atoms with van der Waals surface area (Å²) in [6.45, 7) is 2.36. The molecule has 0 aliphatic heterocycles. The number of carbonyl (C=O) groups is 2. The van der Waals surface area contributed by atoms with Gasteiger partial charge in [0, 0.05) is 12.8 Å². The Morgan fingerprint density at radius 1 is 0.536 bits per heavy atom. The van der Waals surface area contributed by atoms with Crippen LogP contribution >= 0.6 is 7.82 Å². The molecule has 0 amide bonds. The topological polar surface area (TPSA) is 149 Å². The number of allylic oxidation sites excluding steroid dienone is 4. The van der Waals surface area contributed by atoms with E-state index in [2.05, 4.69) is 38.2 Å². The molecule has 0 heterocycles. The van der Waals surface area contributed by atoms with Crippen molar-refractivity contribution in [3.05, 3.63) is 24.3 Å². The number of carbonyl (C=O) groups excluding carboxylic acids is 2. The molecule has 0 aromatic rings. The maximum atomic E-state index is 12.6. The first-order valence-corrected chi connectivity index (χ1v) is 24.3. The number of phosphoric ester groups is 1. The largest absolute Gasteiger partial charge is 0.472 e. The van der Waals surface area contributed by atoms with Crippen LogP contribution in [-0.4, -0.2) is 65.7 Å². The monoisotopic (exact) mass is 817 g/mol. The lowest BCUT2D eigenvalue weighted by Crippen LogP contribution is -2.29. The average molecular weight is 817 g/mol. The van der Waals surface area contributed by atoms with Gasteiger partial charge in [-0.2, -0.15) is 0 Å². The Hall–Kier alpha value is -1.55. The molecule has 3 N–H and O–H groups in total. The van der Waals surface area contributed by atoms with E-state index in [0.29, 0.717) is 12.8 Å². The minimum absolute atomic E-state index is 0.182.